The lowest BCUT2D eigenvalue weighted by molar-refractivity contribution is 0.534. The first kappa shape index (κ1) is 10.2. The van der Waals surface area contributed by atoms with Crippen molar-refractivity contribution in [1.82, 2.24) is 0 Å². The fraction of sp³-hybridized carbons (Fsp3) is 0.455. The van der Waals surface area contributed by atoms with E-state index in [-0.39, 0.29) is 11.5 Å². The summed E-state index contributed by atoms with van der Waals surface area (Å²) in [5.41, 5.74) is 1.41. The zero-order valence-corrected chi connectivity index (χ0v) is 8.41. The third kappa shape index (κ3) is 1.71. The standard InChI is InChI=1S/C11H14F2/c1-6(2)10-9(12)5-7(3)8(4)11(10)13/h5-6H,1-4H3. The minimum atomic E-state index is -0.435. The van der Waals surface area contributed by atoms with Gasteiger partial charge in [-0.05, 0) is 37.0 Å². The average molecular weight is 184 g/mol. The number of aryl methyl sites for hydroxylation is 1. The number of halogens is 2. The Morgan fingerprint density at radius 1 is 1.15 bits per heavy atom. The second kappa shape index (κ2) is 3.44. The molecule has 0 spiro atoms. The van der Waals surface area contributed by atoms with E-state index in [0.29, 0.717) is 11.1 Å². The zero-order chi connectivity index (χ0) is 10.2. The van der Waals surface area contributed by atoms with Gasteiger partial charge in [0.25, 0.3) is 0 Å². The van der Waals surface area contributed by atoms with Crippen LogP contribution >= 0.6 is 0 Å². The largest absolute Gasteiger partial charge is 0.207 e. The van der Waals surface area contributed by atoms with Gasteiger partial charge in [-0.25, -0.2) is 8.78 Å². The second-order valence-electron chi connectivity index (χ2n) is 3.68. The maximum absolute atomic E-state index is 13.5. The van der Waals surface area contributed by atoms with E-state index in [9.17, 15) is 8.78 Å². The molecule has 0 fully saturated rings. The number of hydrogen-bond acceptors (Lipinski definition) is 0. The molecule has 0 aliphatic heterocycles. The Labute approximate surface area is 77.6 Å². The molecule has 0 aliphatic carbocycles. The molecule has 0 atom stereocenters. The summed E-state index contributed by atoms with van der Waals surface area (Å²) in [7, 11) is 0. The van der Waals surface area contributed by atoms with Crippen molar-refractivity contribution in [2.24, 2.45) is 0 Å². The third-order valence-corrected chi connectivity index (χ3v) is 2.34. The molecule has 2 heteroatoms. The summed E-state index contributed by atoms with van der Waals surface area (Å²) in [6, 6.07) is 1.40. The van der Waals surface area contributed by atoms with Crippen LogP contribution in [0, 0.1) is 25.5 Å². The monoisotopic (exact) mass is 184 g/mol. The Morgan fingerprint density at radius 2 is 1.69 bits per heavy atom. The van der Waals surface area contributed by atoms with E-state index in [0.717, 1.165) is 0 Å². The molecule has 0 N–H and O–H groups in total. The molecule has 0 nitrogen and oxygen atoms in total. The Bertz CT molecular complexity index is 327. The summed E-state index contributed by atoms with van der Waals surface area (Å²) in [6.45, 7) is 6.97. The lowest BCUT2D eigenvalue weighted by Crippen LogP contribution is -2.02. The Kier molecular flexibility index (Phi) is 2.69. The predicted octanol–water partition coefficient (Wildman–Crippen LogP) is 3.71. The van der Waals surface area contributed by atoms with E-state index < -0.39 is 11.6 Å². The van der Waals surface area contributed by atoms with Crippen molar-refractivity contribution in [3.05, 3.63) is 34.4 Å². The van der Waals surface area contributed by atoms with Crippen molar-refractivity contribution < 1.29 is 8.78 Å². The van der Waals surface area contributed by atoms with E-state index in [1.54, 1.807) is 27.7 Å². The first-order chi connectivity index (χ1) is 5.95. The van der Waals surface area contributed by atoms with Gasteiger partial charge in [0.05, 0.1) is 0 Å². The van der Waals surface area contributed by atoms with Gasteiger partial charge >= 0.3 is 0 Å². The molecule has 0 aromatic heterocycles. The minimum Gasteiger partial charge on any atom is -0.207 e. The molecule has 1 aromatic carbocycles. The van der Waals surface area contributed by atoms with Crippen molar-refractivity contribution in [2.75, 3.05) is 0 Å². The van der Waals surface area contributed by atoms with E-state index >= 15 is 0 Å². The van der Waals surface area contributed by atoms with E-state index in [2.05, 4.69) is 0 Å². The number of benzene rings is 1. The topological polar surface area (TPSA) is 0 Å². The molecule has 0 amide bonds. The summed E-state index contributed by atoms with van der Waals surface area (Å²) in [5.74, 6) is -0.942. The molecule has 0 heterocycles. The Hall–Kier alpha value is -0.920. The molecular formula is C11H14F2. The number of hydrogen-bond donors (Lipinski definition) is 0. The maximum atomic E-state index is 13.5. The van der Waals surface area contributed by atoms with Crippen LogP contribution in [0.5, 0.6) is 0 Å². The van der Waals surface area contributed by atoms with Gasteiger partial charge in [0.15, 0.2) is 0 Å². The maximum Gasteiger partial charge on any atom is 0.132 e. The molecule has 0 radical (unpaired) electrons. The Morgan fingerprint density at radius 3 is 2.15 bits per heavy atom. The van der Waals surface area contributed by atoms with E-state index in [1.807, 2.05) is 0 Å². The summed E-state index contributed by atoms with van der Waals surface area (Å²) in [5, 5.41) is 0. The lowest BCUT2D eigenvalue weighted by Gasteiger charge is -2.12. The van der Waals surface area contributed by atoms with Crippen molar-refractivity contribution in [3.63, 3.8) is 0 Å². The highest BCUT2D eigenvalue weighted by Gasteiger charge is 2.16. The summed E-state index contributed by atoms with van der Waals surface area (Å²) in [4.78, 5) is 0. The van der Waals surface area contributed by atoms with Crippen LogP contribution in [0.1, 0.15) is 36.5 Å². The molecule has 13 heavy (non-hydrogen) atoms. The fourth-order valence-electron chi connectivity index (χ4n) is 1.39. The number of rotatable bonds is 1. The van der Waals surface area contributed by atoms with Crippen molar-refractivity contribution >= 4 is 0 Å². The van der Waals surface area contributed by atoms with Crippen LogP contribution in [0.25, 0.3) is 0 Å². The third-order valence-electron chi connectivity index (χ3n) is 2.34. The molecular weight excluding hydrogens is 170 g/mol. The van der Waals surface area contributed by atoms with Crippen molar-refractivity contribution in [1.29, 1.82) is 0 Å². The van der Waals surface area contributed by atoms with E-state index in [1.165, 1.54) is 6.07 Å². The predicted molar refractivity (Wildman–Crippen MR) is 49.9 cm³/mol. The van der Waals surface area contributed by atoms with Gasteiger partial charge in [0.1, 0.15) is 11.6 Å². The van der Waals surface area contributed by atoms with Crippen LogP contribution in [0.4, 0.5) is 8.78 Å². The van der Waals surface area contributed by atoms with Crippen LogP contribution in [-0.4, -0.2) is 0 Å². The van der Waals surface area contributed by atoms with Gasteiger partial charge in [-0.3, -0.25) is 0 Å². The molecule has 1 aromatic rings. The van der Waals surface area contributed by atoms with Crippen LogP contribution in [-0.2, 0) is 0 Å². The molecule has 1 rings (SSSR count). The van der Waals surface area contributed by atoms with Crippen molar-refractivity contribution in [2.45, 2.75) is 33.6 Å². The van der Waals surface area contributed by atoms with Gasteiger partial charge in [0, 0.05) is 5.56 Å². The smallest absolute Gasteiger partial charge is 0.132 e. The quantitative estimate of drug-likeness (QED) is 0.624. The first-order valence-electron chi connectivity index (χ1n) is 4.40. The molecule has 0 bridgehead atoms. The zero-order valence-electron chi connectivity index (χ0n) is 8.41. The van der Waals surface area contributed by atoms with E-state index in [4.69, 9.17) is 0 Å². The molecule has 0 saturated heterocycles. The van der Waals surface area contributed by atoms with Gasteiger partial charge in [0.2, 0.25) is 0 Å². The highest BCUT2D eigenvalue weighted by atomic mass is 19.1. The summed E-state index contributed by atoms with van der Waals surface area (Å²) >= 11 is 0. The van der Waals surface area contributed by atoms with Gasteiger partial charge in [-0.15, -0.1) is 0 Å². The van der Waals surface area contributed by atoms with Crippen LogP contribution in [0.2, 0.25) is 0 Å². The Balaban J connectivity index is 3.44. The molecule has 0 aliphatic rings. The highest BCUT2D eigenvalue weighted by molar-refractivity contribution is 5.34. The lowest BCUT2D eigenvalue weighted by atomic mass is 9.97. The van der Waals surface area contributed by atoms with Crippen LogP contribution in [0.3, 0.4) is 0 Å². The van der Waals surface area contributed by atoms with Crippen molar-refractivity contribution in [3.8, 4) is 0 Å². The SMILES string of the molecule is Cc1cc(F)c(C(C)C)c(F)c1C. The second-order valence-corrected chi connectivity index (χ2v) is 3.68. The summed E-state index contributed by atoms with van der Waals surface area (Å²) < 4.78 is 26.8. The van der Waals surface area contributed by atoms with Crippen LogP contribution in [0.15, 0.2) is 6.07 Å². The summed E-state index contributed by atoms with van der Waals surface area (Å²) in [6.07, 6.45) is 0. The molecule has 72 valence electrons. The highest BCUT2D eigenvalue weighted by Crippen LogP contribution is 2.26. The molecule has 0 unspecified atom stereocenters. The normalized spacial score (nSPS) is 11.0. The van der Waals surface area contributed by atoms with Gasteiger partial charge < -0.3 is 0 Å². The average Bonchev–Trinajstić information content (AvgIpc) is 1.99. The molecule has 0 saturated carbocycles. The fourth-order valence-corrected chi connectivity index (χ4v) is 1.39. The first-order valence-corrected chi connectivity index (χ1v) is 4.40. The van der Waals surface area contributed by atoms with Gasteiger partial charge in [-0.2, -0.15) is 0 Å². The van der Waals surface area contributed by atoms with Crippen LogP contribution < -0.4 is 0 Å². The van der Waals surface area contributed by atoms with Gasteiger partial charge in [-0.1, -0.05) is 13.8 Å². The minimum absolute atomic E-state index is 0.112.